The maximum atomic E-state index is 13.0. The van der Waals surface area contributed by atoms with E-state index in [0.717, 1.165) is 19.4 Å². The Morgan fingerprint density at radius 2 is 1.89 bits per heavy atom. The summed E-state index contributed by atoms with van der Waals surface area (Å²) in [6.45, 7) is 4.96. The third-order valence-electron chi connectivity index (χ3n) is 3.58. The normalized spacial score (nSPS) is 21.8. The van der Waals surface area contributed by atoms with Crippen molar-refractivity contribution in [2.24, 2.45) is 0 Å². The Bertz CT molecular complexity index is 412. The number of rotatable bonds is 2. The van der Waals surface area contributed by atoms with Crippen LogP contribution in [0.4, 0.5) is 13.2 Å². The number of nitrogens with zero attached hydrogens (tertiary/aromatic N) is 1. The van der Waals surface area contributed by atoms with Crippen LogP contribution in [-0.4, -0.2) is 17.5 Å². The van der Waals surface area contributed by atoms with Gasteiger partial charge in [-0.25, -0.2) is 0 Å². The molecule has 18 heavy (non-hydrogen) atoms. The molecule has 4 heteroatoms. The van der Waals surface area contributed by atoms with Crippen LogP contribution < -0.4 is 0 Å². The second-order valence-corrected chi connectivity index (χ2v) is 5.07. The number of hydrogen-bond acceptors (Lipinski definition) is 1. The van der Waals surface area contributed by atoms with Gasteiger partial charge in [0.25, 0.3) is 0 Å². The maximum Gasteiger partial charge on any atom is 0.416 e. The lowest BCUT2D eigenvalue weighted by Gasteiger charge is -2.30. The predicted octanol–water partition coefficient (Wildman–Crippen LogP) is 4.25. The first kappa shape index (κ1) is 13.4. The molecule has 1 atom stereocenters. The summed E-state index contributed by atoms with van der Waals surface area (Å²) in [6, 6.07) is 6.14. The molecule has 0 aromatic heterocycles. The molecule has 1 saturated heterocycles. The number of hydrogen-bond donors (Lipinski definition) is 0. The second kappa shape index (κ2) is 4.92. The lowest BCUT2D eigenvalue weighted by Crippen LogP contribution is -2.31. The molecule has 0 saturated carbocycles. The molecule has 0 aliphatic carbocycles. The molecule has 0 amide bonds. The molecule has 1 aliphatic heterocycles. The van der Waals surface area contributed by atoms with Crippen LogP contribution in [0, 0.1) is 0 Å². The molecule has 2 rings (SSSR count). The summed E-state index contributed by atoms with van der Waals surface area (Å²) in [6.07, 6.45) is -2.48. The first-order valence-electron chi connectivity index (χ1n) is 6.33. The van der Waals surface area contributed by atoms with Gasteiger partial charge in [0, 0.05) is 12.1 Å². The molecule has 1 aromatic carbocycles. The van der Waals surface area contributed by atoms with Gasteiger partial charge in [-0.05, 0) is 44.9 Å². The van der Waals surface area contributed by atoms with Crippen molar-refractivity contribution in [2.45, 2.75) is 44.9 Å². The minimum atomic E-state index is -4.26. The highest BCUT2D eigenvalue weighted by atomic mass is 19.4. The number of benzene rings is 1. The zero-order valence-electron chi connectivity index (χ0n) is 10.7. The summed E-state index contributed by atoms with van der Waals surface area (Å²) >= 11 is 0. The number of likely N-dealkylation sites (tertiary alicyclic amines) is 1. The van der Waals surface area contributed by atoms with E-state index < -0.39 is 11.7 Å². The Labute approximate surface area is 106 Å². The van der Waals surface area contributed by atoms with Gasteiger partial charge in [-0.2, -0.15) is 13.2 Å². The van der Waals surface area contributed by atoms with Crippen LogP contribution in [0.1, 0.15) is 43.9 Å². The highest BCUT2D eigenvalue weighted by Crippen LogP contribution is 2.40. The van der Waals surface area contributed by atoms with Crippen LogP contribution in [0.3, 0.4) is 0 Å². The van der Waals surface area contributed by atoms with Gasteiger partial charge in [-0.15, -0.1) is 0 Å². The largest absolute Gasteiger partial charge is 0.416 e. The Hall–Kier alpha value is -1.03. The van der Waals surface area contributed by atoms with Gasteiger partial charge in [0.1, 0.15) is 0 Å². The fourth-order valence-electron chi connectivity index (χ4n) is 2.79. The zero-order chi connectivity index (χ0) is 13.3. The van der Waals surface area contributed by atoms with Crippen molar-refractivity contribution >= 4 is 0 Å². The first-order valence-corrected chi connectivity index (χ1v) is 6.33. The average Bonchev–Trinajstić information content (AvgIpc) is 2.76. The Kier molecular flexibility index (Phi) is 3.66. The second-order valence-electron chi connectivity index (χ2n) is 5.07. The van der Waals surface area contributed by atoms with E-state index in [-0.39, 0.29) is 12.1 Å². The van der Waals surface area contributed by atoms with Crippen LogP contribution in [-0.2, 0) is 6.18 Å². The molecule has 0 bridgehead atoms. The highest BCUT2D eigenvalue weighted by molar-refractivity contribution is 5.33. The molecule has 1 nitrogen and oxygen atoms in total. The molecular weight excluding hydrogens is 239 g/mol. The first-order chi connectivity index (χ1) is 8.41. The minimum Gasteiger partial charge on any atom is -0.294 e. The van der Waals surface area contributed by atoms with Gasteiger partial charge in [0.15, 0.2) is 0 Å². The van der Waals surface area contributed by atoms with E-state index in [0.29, 0.717) is 5.56 Å². The summed E-state index contributed by atoms with van der Waals surface area (Å²) in [4.78, 5) is 2.16. The van der Waals surface area contributed by atoms with Crippen molar-refractivity contribution < 1.29 is 13.2 Å². The van der Waals surface area contributed by atoms with Crippen molar-refractivity contribution in [2.75, 3.05) is 6.54 Å². The third-order valence-corrected chi connectivity index (χ3v) is 3.58. The molecule has 1 heterocycles. The fourth-order valence-corrected chi connectivity index (χ4v) is 2.79. The molecule has 0 radical (unpaired) electrons. The quantitative estimate of drug-likeness (QED) is 0.765. The lowest BCUT2D eigenvalue weighted by atomic mass is 9.97. The topological polar surface area (TPSA) is 3.24 Å². The molecule has 1 aliphatic rings. The van der Waals surface area contributed by atoms with Crippen LogP contribution >= 0.6 is 0 Å². The van der Waals surface area contributed by atoms with Crippen LogP contribution in [0.25, 0.3) is 0 Å². The van der Waals surface area contributed by atoms with Crippen LogP contribution in [0.5, 0.6) is 0 Å². The molecule has 1 aromatic rings. The van der Waals surface area contributed by atoms with Gasteiger partial charge < -0.3 is 0 Å². The third kappa shape index (κ3) is 2.53. The molecular formula is C14H18F3N. The van der Waals surface area contributed by atoms with Crippen molar-refractivity contribution in [3.05, 3.63) is 35.4 Å². The van der Waals surface area contributed by atoms with E-state index in [9.17, 15) is 13.2 Å². The maximum absolute atomic E-state index is 13.0. The van der Waals surface area contributed by atoms with E-state index in [1.165, 1.54) is 12.1 Å². The summed E-state index contributed by atoms with van der Waals surface area (Å²) < 4.78 is 39.0. The SMILES string of the molecule is CC(C)N1CCCC1c1ccccc1C(F)(F)F. The van der Waals surface area contributed by atoms with Crippen molar-refractivity contribution in [3.8, 4) is 0 Å². The Morgan fingerprint density at radius 1 is 1.22 bits per heavy atom. The monoisotopic (exact) mass is 257 g/mol. The van der Waals surface area contributed by atoms with Crippen molar-refractivity contribution in [1.29, 1.82) is 0 Å². The number of halogens is 3. The molecule has 0 spiro atoms. The molecule has 1 unspecified atom stereocenters. The molecule has 0 N–H and O–H groups in total. The van der Waals surface area contributed by atoms with E-state index in [1.54, 1.807) is 12.1 Å². The van der Waals surface area contributed by atoms with Gasteiger partial charge >= 0.3 is 6.18 Å². The van der Waals surface area contributed by atoms with E-state index in [1.807, 2.05) is 13.8 Å². The van der Waals surface area contributed by atoms with Crippen LogP contribution in [0.15, 0.2) is 24.3 Å². The summed E-state index contributed by atoms with van der Waals surface area (Å²) in [5, 5.41) is 0. The summed E-state index contributed by atoms with van der Waals surface area (Å²) in [5.41, 5.74) is -0.0567. The van der Waals surface area contributed by atoms with E-state index >= 15 is 0 Å². The lowest BCUT2D eigenvalue weighted by molar-refractivity contribution is -0.138. The predicted molar refractivity (Wildman–Crippen MR) is 65.3 cm³/mol. The van der Waals surface area contributed by atoms with Gasteiger partial charge in [-0.3, -0.25) is 4.90 Å². The van der Waals surface area contributed by atoms with Gasteiger partial charge in [0.2, 0.25) is 0 Å². The standard InChI is InChI=1S/C14H18F3N/c1-10(2)18-9-5-8-13(18)11-6-3-4-7-12(11)14(15,16)17/h3-4,6-7,10,13H,5,8-9H2,1-2H3. The van der Waals surface area contributed by atoms with E-state index in [2.05, 4.69) is 4.90 Å². The van der Waals surface area contributed by atoms with Crippen molar-refractivity contribution in [3.63, 3.8) is 0 Å². The summed E-state index contributed by atoms with van der Waals surface area (Å²) in [7, 11) is 0. The van der Waals surface area contributed by atoms with Gasteiger partial charge in [0.05, 0.1) is 5.56 Å². The minimum absolute atomic E-state index is 0.0946. The van der Waals surface area contributed by atoms with Gasteiger partial charge in [-0.1, -0.05) is 18.2 Å². The van der Waals surface area contributed by atoms with Crippen LogP contribution in [0.2, 0.25) is 0 Å². The summed E-state index contributed by atoms with van der Waals surface area (Å²) in [5.74, 6) is 0. The molecule has 100 valence electrons. The smallest absolute Gasteiger partial charge is 0.294 e. The average molecular weight is 257 g/mol. The number of alkyl halides is 3. The molecule has 1 fully saturated rings. The Morgan fingerprint density at radius 3 is 2.50 bits per heavy atom. The fraction of sp³-hybridized carbons (Fsp3) is 0.571. The Balaban J connectivity index is 2.39. The zero-order valence-corrected chi connectivity index (χ0v) is 10.7. The van der Waals surface area contributed by atoms with Crippen molar-refractivity contribution in [1.82, 2.24) is 4.90 Å². The highest BCUT2D eigenvalue weighted by Gasteiger charge is 2.38. The van der Waals surface area contributed by atoms with E-state index in [4.69, 9.17) is 0 Å².